The van der Waals surface area contributed by atoms with Crippen LogP contribution in [0.5, 0.6) is 5.75 Å². The second kappa shape index (κ2) is 12.8. The predicted molar refractivity (Wildman–Crippen MR) is 153 cm³/mol. The molecule has 218 valence electrons. The number of nitrogens with zero attached hydrogens (tertiary/aromatic N) is 2. The number of amides is 2. The maximum absolute atomic E-state index is 13.7. The number of benzene rings is 3. The third kappa shape index (κ3) is 7.10. The molecule has 2 amide bonds. The monoisotopic (exact) mass is 583 g/mol. The number of nitrogens with one attached hydrogen (secondary N) is 1. The van der Waals surface area contributed by atoms with Crippen molar-refractivity contribution in [1.82, 2.24) is 9.21 Å². The van der Waals surface area contributed by atoms with E-state index in [0.29, 0.717) is 5.69 Å². The van der Waals surface area contributed by atoms with Crippen LogP contribution in [0.25, 0.3) is 0 Å². The van der Waals surface area contributed by atoms with E-state index in [4.69, 9.17) is 4.74 Å². The van der Waals surface area contributed by atoms with Crippen molar-refractivity contribution in [3.8, 4) is 5.75 Å². The van der Waals surface area contributed by atoms with Crippen LogP contribution in [0.2, 0.25) is 0 Å². The van der Waals surface area contributed by atoms with Gasteiger partial charge >= 0.3 is 0 Å². The highest BCUT2D eigenvalue weighted by Gasteiger charge is 2.35. The minimum Gasteiger partial charge on any atom is -0.488 e. The topological polar surface area (TPSA) is 116 Å². The molecule has 1 heterocycles. The van der Waals surface area contributed by atoms with Crippen LogP contribution in [-0.2, 0) is 21.2 Å². The molecule has 11 heteroatoms. The Labute approximate surface area is 239 Å². The van der Waals surface area contributed by atoms with E-state index in [1.165, 1.54) is 30.1 Å². The molecule has 0 spiro atoms. The van der Waals surface area contributed by atoms with Crippen molar-refractivity contribution >= 4 is 27.5 Å². The van der Waals surface area contributed by atoms with E-state index in [2.05, 4.69) is 5.32 Å². The molecule has 3 aromatic rings. The third-order valence-corrected chi connectivity index (χ3v) is 8.95. The molecule has 1 aliphatic heterocycles. The summed E-state index contributed by atoms with van der Waals surface area (Å²) in [5.41, 5.74) is 1.43. The fourth-order valence-electron chi connectivity index (χ4n) is 4.64. The molecule has 0 saturated heterocycles. The molecule has 4 rings (SSSR count). The van der Waals surface area contributed by atoms with E-state index < -0.39 is 28.0 Å². The van der Waals surface area contributed by atoms with Crippen LogP contribution < -0.4 is 10.1 Å². The molecule has 9 nitrogen and oxygen atoms in total. The van der Waals surface area contributed by atoms with E-state index in [-0.39, 0.29) is 60.1 Å². The summed E-state index contributed by atoms with van der Waals surface area (Å²) in [7, 11) is -2.53. The molecular weight excluding hydrogens is 549 g/mol. The summed E-state index contributed by atoms with van der Waals surface area (Å²) < 4.78 is 47.2. The van der Waals surface area contributed by atoms with Crippen molar-refractivity contribution in [2.75, 3.05) is 32.1 Å². The fraction of sp³-hybridized carbons (Fsp3) is 0.333. The number of aliphatic hydroxyl groups excluding tert-OH is 1. The second-order valence-electron chi connectivity index (χ2n) is 10.3. The summed E-state index contributed by atoms with van der Waals surface area (Å²) in [6.07, 6.45) is -0.515. The van der Waals surface area contributed by atoms with Crippen LogP contribution in [0, 0.1) is 11.7 Å². The van der Waals surface area contributed by atoms with Crippen LogP contribution in [0.4, 0.5) is 10.1 Å². The van der Waals surface area contributed by atoms with Crippen molar-refractivity contribution in [3.05, 3.63) is 89.7 Å². The lowest BCUT2D eigenvalue weighted by molar-refractivity contribution is -0.115. The zero-order chi connectivity index (χ0) is 29.7. The lowest BCUT2D eigenvalue weighted by Crippen LogP contribution is -2.50. The average molecular weight is 584 g/mol. The van der Waals surface area contributed by atoms with Crippen molar-refractivity contribution in [3.63, 3.8) is 0 Å². The summed E-state index contributed by atoms with van der Waals surface area (Å²) in [6.45, 7) is 3.44. The van der Waals surface area contributed by atoms with Crippen molar-refractivity contribution in [1.29, 1.82) is 0 Å². The Morgan fingerprint density at radius 2 is 1.83 bits per heavy atom. The average Bonchev–Trinajstić information content (AvgIpc) is 2.95. The van der Waals surface area contributed by atoms with Gasteiger partial charge in [-0.15, -0.1) is 0 Å². The molecule has 0 aromatic heterocycles. The number of hydrogen-bond donors (Lipinski definition) is 2. The van der Waals surface area contributed by atoms with Gasteiger partial charge in [-0.1, -0.05) is 37.3 Å². The first-order valence-corrected chi connectivity index (χ1v) is 14.7. The lowest BCUT2D eigenvalue weighted by atomic mass is 9.99. The van der Waals surface area contributed by atoms with E-state index in [1.807, 2.05) is 37.3 Å². The van der Waals surface area contributed by atoms with Gasteiger partial charge < -0.3 is 20.1 Å². The highest BCUT2D eigenvalue weighted by Crippen LogP contribution is 2.31. The molecule has 0 fully saturated rings. The van der Waals surface area contributed by atoms with Crippen molar-refractivity contribution < 1.29 is 32.2 Å². The van der Waals surface area contributed by atoms with Gasteiger partial charge in [0, 0.05) is 25.2 Å². The molecule has 3 aromatic carbocycles. The predicted octanol–water partition coefficient (Wildman–Crippen LogP) is 3.55. The highest BCUT2D eigenvalue weighted by atomic mass is 32.2. The normalized spacial score (nSPS) is 18.2. The number of carbonyl (C=O) groups excluding carboxylic acids is 2. The molecule has 0 aliphatic carbocycles. The summed E-state index contributed by atoms with van der Waals surface area (Å²) in [5, 5.41) is 12.7. The summed E-state index contributed by atoms with van der Waals surface area (Å²) in [4.78, 5) is 27.8. The molecule has 0 radical (unpaired) electrons. The number of aliphatic hydroxyl groups is 1. The number of rotatable bonds is 9. The Hall–Kier alpha value is -3.80. The van der Waals surface area contributed by atoms with E-state index in [1.54, 1.807) is 19.1 Å². The molecule has 1 aliphatic rings. The van der Waals surface area contributed by atoms with Crippen LogP contribution in [0.3, 0.4) is 0 Å². The Bertz CT molecular complexity index is 1480. The zero-order valence-electron chi connectivity index (χ0n) is 23.2. The molecule has 3 atom stereocenters. The summed E-state index contributed by atoms with van der Waals surface area (Å²) in [6, 6.07) is 18.0. The Balaban J connectivity index is 1.61. The van der Waals surface area contributed by atoms with Crippen LogP contribution in [0.1, 0.15) is 29.8 Å². The van der Waals surface area contributed by atoms with E-state index in [0.717, 1.165) is 22.0 Å². The van der Waals surface area contributed by atoms with Crippen molar-refractivity contribution in [2.45, 2.75) is 37.3 Å². The Morgan fingerprint density at radius 1 is 1.15 bits per heavy atom. The quantitative estimate of drug-likeness (QED) is 0.398. The molecule has 0 unspecified atom stereocenters. The van der Waals surface area contributed by atoms with Gasteiger partial charge in [0.25, 0.3) is 5.91 Å². The Morgan fingerprint density at radius 3 is 2.49 bits per heavy atom. The number of halogens is 1. The lowest BCUT2D eigenvalue weighted by Gasteiger charge is -2.38. The first-order chi connectivity index (χ1) is 19.5. The number of ether oxygens (including phenoxy) is 1. The smallest absolute Gasteiger partial charge is 0.258 e. The second-order valence-corrected chi connectivity index (χ2v) is 12.3. The maximum atomic E-state index is 13.7. The van der Waals surface area contributed by atoms with Crippen LogP contribution >= 0.6 is 0 Å². The molecule has 0 saturated carbocycles. The van der Waals surface area contributed by atoms with Gasteiger partial charge in [0.05, 0.1) is 36.1 Å². The number of hydrogen-bond acceptors (Lipinski definition) is 6. The van der Waals surface area contributed by atoms with Gasteiger partial charge in [-0.25, -0.2) is 12.8 Å². The Kier molecular flexibility index (Phi) is 9.42. The minimum absolute atomic E-state index is 0.0502. The number of fused-ring (bicyclic) bond motifs is 1. The van der Waals surface area contributed by atoms with Crippen molar-refractivity contribution in [2.24, 2.45) is 5.92 Å². The number of anilines is 1. The minimum atomic E-state index is -3.95. The number of sulfonamides is 1. The standard InChI is InChI=1S/C30H34FN3O6S/c1-20-17-34(21(2)19-35)30(37)26-16-24(32-29(36)15-22-7-5-4-6-8-22)11-14-27(26)40-28(20)18-33(3)41(38,39)25-12-9-23(31)10-13-25/h4-14,16,20-21,28,35H,15,17-19H2,1-3H3,(H,32,36)/t20-,21+,28+/m0/s1. The molecule has 0 bridgehead atoms. The van der Waals surface area contributed by atoms with Gasteiger partial charge in [-0.3, -0.25) is 9.59 Å². The zero-order valence-corrected chi connectivity index (χ0v) is 24.0. The molecular formula is C30H34FN3O6S. The van der Waals surface area contributed by atoms with Gasteiger partial charge in [0.15, 0.2) is 0 Å². The van der Waals surface area contributed by atoms with Crippen LogP contribution in [0.15, 0.2) is 77.7 Å². The summed E-state index contributed by atoms with van der Waals surface area (Å²) in [5.74, 6) is -1.26. The number of likely N-dealkylation sites (N-methyl/N-ethyl adjacent to an activating group) is 1. The molecule has 41 heavy (non-hydrogen) atoms. The van der Waals surface area contributed by atoms with Gasteiger partial charge in [0.2, 0.25) is 15.9 Å². The first kappa shape index (κ1) is 30.2. The van der Waals surface area contributed by atoms with E-state index in [9.17, 15) is 27.5 Å². The van der Waals surface area contributed by atoms with Gasteiger partial charge in [-0.05, 0) is 55.0 Å². The van der Waals surface area contributed by atoms with Gasteiger partial charge in [0.1, 0.15) is 17.7 Å². The third-order valence-electron chi connectivity index (χ3n) is 7.11. The fourth-order valence-corrected chi connectivity index (χ4v) is 5.83. The maximum Gasteiger partial charge on any atom is 0.258 e. The molecule has 2 N–H and O–H groups in total. The van der Waals surface area contributed by atoms with E-state index >= 15 is 0 Å². The van der Waals surface area contributed by atoms with Gasteiger partial charge in [-0.2, -0.15) is 4.31 Å². The largest absolute Gasteiger partial charge is 0.488 e. The summed E-state index contributed by atoms with van der Waals surface area (Å²) >= 11 is 0. The number of carbonyl (C=O) groups is 2. The SMILES string of the molecule is C[C@H](CO)N1C[C@H](C)[C@@H](CN(C)S(=O)(=O)c2ccc(F)cc2)Oc2ccc(NC(=O)Cc3ccccc3)cc2C1=O. The highest BCUT2D eigenvalue weighted by molar-refractivity contribution is 7.89. The van der Waals surface area contributed by atoms with Crippen LogP contribution in [-0.4, -0.2) is 73.4 Å². The first-order valence-electron chi connectivity index (χ1n) is 13.3.